The van der Waals surface area contributed by atoms with Gasteiger partial charge in [0.1, 0.15) is 18.0 Å². The fourth-order valence-electron chi connectivity index (χ4n) is 2.74. The second-order valence-corrected chi connectivity index (χ2v) is 6.98. The predicted molar refractivity (Wildman–Crippen MR) is 105 cm³/mol. The zero-order valence-corrected chi connectivity index (χ0v) is 15.7. The molecule has 0 atom stereocenters. The number of aryl methyl sites for hydroxylation is 1. The molecule has 1 amide bonds. The summed E-state index contributed by atoms with van der Waals surface area (Å²) in [6, 6.07) is 12.4. The van der Waals surface area contributed by atoms with Crippen LogP contribution in [0, 0.1) is 12.8 Å². The van der Waals surface area contributed by atoms with Crippen LogP contribution in [0.25, 0.3) is 5.65 Å². The van der Waals surface area contributed by atoms with Crippen molar-refractivity contribution in [3.8, 4) is 5.75 Å². The normalized spacial score (nSPS) is 11.0. The predicted octanol–water partition coefficient (Wildman–Crippen LogP) is 3.57. The van der Waals surface area contributed by atoms with Crippen LogP contribution in [0.1, 0.15) is 31.5 Å². The number of anilines is 1. The Labute approximate surface area is 157 Å². The van der Waals surface area contributed by atoms with Crippen LogP contribution in [-0.2, 0) is 11.4 Å². The van der Waals surface area contributed by atoms with Crippen molar-refractivity contribution in [2.45, 2.75) is 33.8 Å². The smallest absolute Gasteiger partial charge is 0.258 e. The van der Waals surface area contributed by atoms with Crippen molar-refractivity contribution < 1.29 is 9.53 Å². The number of carbonyl (C=O) groups is 1. The fourth-order valence-corrected chi connectivity index (χ4v) is 2.74. The van der Waals surface area contributed by atoms with E-state index in [9.17, 15) is 9.59 Å². The first kappa shape index (κ1) is 18.6. The summed E-state index contributed by atoms with van der Waals surface area (Å²) in [5, 5.41) is 2.86. The van der Waals surface area contributed by atoms with E-state index in [1.807, 2.05) is 45.0 Å². The highest BCUT2D eigenvalue weighted by atomic mass is 16.5. The lowest BCUT2D eigenvalue weighted by Crippen LogP contribution is -2.16. The number of aromatic nitrogens is 2. The van der Waals surface area contributed by atoms with E-state index in [2.05, 4.69) is 10.3 Å². The zero-order chi connectivity index (χ0) is 19.4. The maximum atomic E-state index is 12.2. The Morgan fingerprint density at radius 1 is 1.22 bits per heavy atom. The van der Waals surface area contributed by atoms with Gasteiger partial charge in [-0.15, -0.1) is 0 Å². The molecule has 0 aliphatic rings. The minimum Gasteiger partial charge on any atom is -0.487 e. The lowest BCUT2D eigenvalue weighted by Gasteiger charge is -2.10. The van der Waals surface area contributed by atoms with E-state index in [1.165, 1.54) is 10.5 Å². The quantitative estimate of drug-likeness (QED) is 0.725. The van der Waals surface area contributed by atoms with Gasteiger partial charge in [-0.1, -0.05) is 26.0 Å². The fraction of sp³-hybridized carbons (Fsp3) is 0.286. The summed E-state index contributed by atoms with van der Waals surface area (Å²) in [5.74, 6) is 0.872. The minimum atomic E-state index is -0.142. The molecular formula is C21H23N3O3. The lowest BCUT2D eigenvalue weighted by atomic mass is 10.1. The van der Waals surface area contributed by atoms with Gasteiger partial charge in [0.25, 0.3) is 5.56 Å². The molecule has 0 saturated heterocycles. The third kappa shape index (κ3) is 4.94. The van der Waals surface area contributed by atoms with Crippen LogP contribution in [0.2, 0.25) is 0 Å². The molecule has 6 nitrogen and oxygen atoms in total. The number of nitrogens with one attached hydrogen (secondary N) is 1. The molecule has 3 rings (SSSR count). The van der Waals surface area contributed by atoms with E-state index < -0.39 is 0 Å². The van der Waals surface area contributed by atoms with Crippen LogP contribution in [0.15, 0.2) is 53.5 Å². The van der Waals surface area contributed by atoms with Crippen molar-refractivity contribution in [1.82, 2.24) is 9.38 Å². The summed E-state index contributed by atoms with van der Waals surface area (Å²) in [6.07, 6.45) is 2.23. The molecule has 0 unspecified atom stereocenters. The molecule has 0 bridgehead atoms. The molecule has 1 N–H and O–H groups in total. The first-order chi connectivity index (χ1) is 12.9. The molecule has 2 aromatic heterocycles. The van der Waals surface area contributed by atoms with E-state index in [0.29, 0.717) is 35.1 Å². The van der Waals surface area contributed by atoms with E-state index in [1.54, 1.807) is 18.3 Å². The number of fused-ring (bicyclic) bond motifs is 1. The molecule has 0 spiro atoms. The zero-order valence-electron chi connectivity index (χ0n) is 15.7. The van der Waals surface area contributed by atoms with Gasteiger partial charge in [-0.2, -0.15) is 0 Å². The number of pyridine rings is 1. The van der Waals surface area contributed by atoms with E-state index >= 15 is 0 Å². The first-order valence-electron chi connectivity index (χ1n) is 8.92. The Hall–Kier alpha value is -3.15. The maximum absolute atomic E-state index is 12.2. The molecule has 6 heteroatoms. The van der Waals surface area contributed by atoms with Gasteiger partial charge >= 0.3 is 0 Å². The Morgan fingerprint density at radius 3 is 2.81 bits per heavy atom. The topological polar surface area (TPSA) is 72.7 Å². The summed E-state index contributed by atoms with van der Waals surface area (Å²) in [6.45, 7) is 6.10. The van der Waals surface area contributed by atoms with Gasteiger partial charge in [0.05, 0.1) is 5.69 Å². The Morgan fingerprint density at radius 2 is 2.04 bits per heavy atom. The van der Waals surface area contributed by atoms with Gasteiger partial charge in [-0.05, 0) is 36.6 Å². The number of benzene rings is 1. The van der Waals surface area contributed by atoms with Gasteiger partial charge in [0.15, 0.2) is 0 Å². The largest absolute Gasteiger partial charge is 0.487 e. The van der Waals surface area contributed by atoms with Crippen molar-refractivity contribution >= 4 is 17.2 Å². The van der Waals surface area contributed by atoms with Gasteiger partial charge < -0.3 is 10.1 Å². The van der Waals surface area contributed by atoms with Crippen molar-refractivity contribution in [2.24, 2.45) is 5.92 Å². The highest BCUT2D eigenvalue weighted by molar-refractivity contribution is 5.90. The number of carbonyl (C=O) groups excluding carboxylic acids is 1. The molecule has 3 aromatic rings. The number of amides is 1. The number of hydrogen-bond donors (Lipinski definition) is 1. The Bertz CT molecular complexity index is 1020. The first-order valence-corrected chi connectivity index (χ1v) is 8.92. The molecule has 0 aliphatic heterocycles. The molecule has 0 radical (unpaired) electrons. The number of hydrogen-bond acceptors (Lipinski definition) is 4. The van der Waals surface area contributed by atoms with Crippen LogP contribution in [0.3, 0.4) is 0 Å². The lowest BCUT2D eigenvalue weighted by molar-refractivity contribution is -0.116. The van der Waals surface area contributed by atoms with Crippen LogP contribution in [0.4, 0.5) is 5.69 Å². The maximum Gasteiger partial charge on any atom is 0.258 e. The third-order valence-electron chi connectivity index (χ3n) is 3.96. The summed E-state index contributed by atoms with van der Waals surface area (Å²) < 4.78 is 7.28. The summed E-state index contributed by atoms with van der Waals surface area (Å²) in [7, 11) is 0. The summed E-state index contributed by atoms with van der Waals surface area (Å²) in [4.78, 5) is 28.6. The van der Waals surface area contributed by atoms with Gasteiger partial charge in [-0.3, -0.25) is 14.0 Å². The van der Waals surface area contributed by atoms with Crippen molar-refractivity contribution in [1.29, 1.82) is 0 Å². The van der Waals surface area contributed by atoms with E-state index in [-0.39, 0.29) is 18.1 Å². The SMILES string of the molecule is Cc1ccc2nc(COc3cccc(NC(=O)CC(C)C)c3)cc(=O)n2c1. The van der Waals surface area contributed by atoms with E-state index in [0.717, 1.165) is 5.56 Å². The Balaban J connectivity index is 1.71. The van der Waals surface area contributed by atoms with Crippen molar-refractivity contribution in [2.75, 3.05) is 5.32 Å². The molecule has 0 fully saturated rings. The highest BCUT2D eigenvalue weighted by Crippen LogP contribution is 2.19. The third-order valence-corrected chi connectivity index (χ3v) is 3.96. The van der Waals surface area contributed by atoms with Crippen LogP contribution in [-0.4, -0.2) is 15.3 Å². The van der Waals surface area contributed by atoms with Gasteiger partial charge in [-0.25, -0.2) is 4.98 Å². The average Bonchev–Trinajstić information content (AvgIpc) is 2.60. The Kier molecular flexibility index (Phi) is 5.54. The van der Waals surface area contributed by atoms with Crippen molar-refractivity contribution in [3.05, 3.63) is 70.3 Å². The average molecular weight is 365 g/mol. The van der Waals surface area contributed by atoms with Crippen LogP contribution >= 0.6 is 0 Å². The van der Waals surface area contributed by atoms with Crippen LogP contribution < -0.4 is 15.6 Å². The number of ether oxygens (including phenoxy) is 1. The summed E-state index contributed by atoms with van der Waals surface area (Å²) in [5.41, 5.74) is 2.67. The second kappa shape index (κ2) is 8.03. The number of nitrogens with zero attached hydrogens (tertiary/aromatic N) is 2. The monoisotopic (exact) mass is 365 g/mol. The molecular weight excluding hydrogens is 342 g/mol. The molecule has 27 heavy (non-hydrogen) atoms. The minimum absolute atomic E-state index is 0.0262. The van der Waals surface area contributed by atoms with Crippen LogP contribution in [0.5, 0.6) is 5.75 Å². The molecule has 2 heterocycles. The number of rotatable bonds is 6. The highest BCUT2D eigenvalue weighted by Gasteiger charge is 2.07. The standard InChI is InChI=1S/C21H23N3O3/c1-14(2)9-20(25)23-16-5-4-6-18(10-16)27-13-17-11-21(26)24-12-15(3)7-8-19(24)22-17/h4-8,10-12,14H,9,13H2,1-3H3,(H,23,25). The second-order valence-electron chi connectivity index (χ2n) is 6.98. The molecule has 1 aromatic carbocycles. The van der Waals surface area contributed by atoms with E-state index in [4.69, 9.17) is 4.74 Å². The molecule has 0 saturated carbocycles. The van der Waals surface area contributed by atoms with Crippen molar-refractivity contribution in [3.63, 3.8) is 0 Å². The van der Waals surface area contributed by atoms with Gasteiger partial charge in [0.2, 0.25) is 5.91 Å². The molecule has 0 aliphatic carbocycles. The molecule has 140 valence electrons. The van der Waals surface area contributed by atoms with Gasteiger partial charge in [0, 0.05) is 30.4 Å². The summed E-state index contributed by atoms with van der Waals surface area (Å²) >= 11 is 0.